The number of anilines is 3. The Morgan fingerprint density at radius 1 is 1.12 bits per heavy atom. The number of benzene rings is 2. The van der Waals surface area contributed by atoms with Gasteiger partial charge >= 0.3 is 0 Å². The molecule has 4 aromatic rings. The Morgan fingerprint density at radius 2 is 1.88 bits per heavy atom. The second-order valence-electron chi connectivity index (χ2n) is 10.1. The molecule has 0 saturated carbocycles. The van der Waals surface area contributed by atoms with E-state index in [0.717, 1.165) is 6.42 Å². The fraction of sp³-hybridized carbons (Fsp3) is 0.321. The van der Waals surface area contributed by atoms with Crippen molar-refractivity contribution in [1.29, 1.82) is 0 Å². The van der Waals surface area contributed by atoms with Crippen LogP contribution in [0.1, 0.15) is 50.0 Å². The number of nitrogens with two attached hydrogens (primary N) is 2. The first-order chi connectivity index (χ1) is 19.5. The number of carbonyl (C=O) groups excluding carboxylic acids is 2. The lowest BCUT2D eigenvalue weighted by molar-refractivity contribution is -0.121. The second kappa shape index (κ2) is 12.1. The third-order valence-electron chi connectivity index (χ3n) is 6.39. The van der Waals surface area contributed by atoms with Gasteiger partial charge in [-0.25, -0.2) is 9.37 Å². The number of nitrogen functional groups attached to an aromatic ring is 2. The van der Waals surface area contributed by atoms with Gasteiger partial charge in [-0.05, 0) is 63.1 Å². The van der Waals surface area contributed by atoms with Crippen LogP contribution in [0.2, 0.25) is 0 Å². The highest BCUT2D eigenvalue weighted by Crippen LogP contribution is 2.26. The van der Waals surface area contributed by atoms with Crippen LogP contribution >= 0.6 is 0 Å². The van der Waals surface area contributed by atoms with E-state index in [4.69, 9.17) is 16.0 Å². The molecular formula is C28H33FN8O4. The van der Waals surface area contributed by atoms with Gasteiger partial charge < -0.3 is 31.9 Å². The summed E-state index contributed by atoms with van der Waals surface area (Å²) in [6.45, 7) is 7.12. The molecule has 13 heteroatoms. The smallest absolute Gasteiger partial charge is 0.294 e. The Kier molecular flexibility index (Phi) is 8.55. The molecule has 0 fully saturated rings. The lowest BCUT2D eigenvalue weighted by Crippen LogP contribution is -2.35. The average molecular weight is 565 g/mol. The van der Waals surface area contributed by atoms with Gasteiger partial charge in [0.15, 0.2) is 17.2 Å². The van der Waals surface area contributed by atoms with E-state index in [1.165, 1.54) is 29.0 Å². The zero-order valence-electron chi connectivity index (χ0n) is 23.2. The van der Waals surface area contributed by atoms with Crippen molar-refractivity contribution in [2.45, 2.75) is 59.3 Å². The molecule has 0 spiro atoms. The molecule has 0 aliphatic carbocycles. The molecule has 2 heterocycles. The largest absolute Gasteiger partial charge is 0.399 e. The summed E-state index contributed by atoms with van der Waals surface area (Å²) in [7, 11) is 0. The predicted molar refractivity (Wildman–Crippen MR) is 155 cm³/mol. The number of hydrogen-bond donors (Lipinski definition) is 5. The Balaban J connectivity index is 1.65. The molecule has 4 rings (SSSR count). The molecule has 0 bridgehead atoms. The lowest BCUT2D eigenvalue weighted by atomic mass is 10.1. The van der Waals surface area contributed by atoms with Crippen molar-refractivity contribution in [2.75, 3.05) is 16.8 Å². The number of carbonyl (C=O) groups is 2. The van der Waals surface area contributed by atoms with Gasteiger partial charge in [-0.15, -0.1) is 0 Å². The summed E-state index contributed by atoms with van der Waals surface area (Å²) in [4.78, 5) is 43.6. The normalized spacial score (nSPS) is 12.0. The van der Waals surface area contributed by atoms with Crippen LogP contribution in [0.5, 0.6) is 0 Å². The molecule has 0 aliphatic heterocycles. The summed E-state index contributed by atoms with van der Waals surface area (Å²) in [5.74, 6) is -1.47. The molecule has 0 saturated heterocycles. The molecule has 2 aromatic heterocycles. The van der Waals surface area contributed by atoms with Gasteiger partial charge in [-0.2, -0.15) is 0 Å². The van der Waals surface area contributed by atoms with Gasteiger partial charge in [0.2, 0.25) is 5.91 Å². The fourth-order valence-electron chi connectivity index (χ4n) is 4.19. The summed E-state index contributed by atoms with van der Waals surface area (Å²) in [6, 6.07) is 7.33. The van der Waals surface area contributed by atoms with E-state index in [1.807, 2.05) is 27.7 Å². The third-order valence-corrected chi connectivity index (χ3v) is 6.39. The summed E-state index contributed by atoms with van der Waals surface area (Å²) in [5.41, 5.74) is 13.1. The molecule has 12 nitrogen and oxygen atoms in total. The SMILES string of the molecule is CC[C@H](C)NC(=O)c1cc(N)cc(-c2cnc(NC(C)C)c(=O)n2CC(=O)NCc2cc(F)c3c(N)noc3c2)c1. The molecule has 41 heavy (non-hydrogen) atoms. The van der Waals surface area contributed by atoms with Crippen molar-refractivity contribution in [3.8, 4) is 11.3 Å². The summed E-state index contributed by atoms with van der Waals surface area (Å²) in [5, 5.41) is 12.2. The number of nitrogens with one attached hydrogen (secondary N) is 3. The van der Waals surface area contributed by atoms with Crippen LogP contribution in [0.4, 0.5) is 21.7 Å². The van der Waals surface area contributed by atoms with Crippen molar-refractivity contribution >= 4 is 40.1 Å². The van der Waals surface area contributed by atoms with Crippen molar-refractivity contribution in [2.24, 2.45) is 0 Å². The number of rotatable bonds is 10. The highest BCUT2D eigenvalue weighted by Gasteiger charge is 2.19. The van der Waals surface area contributed by atoms with Crippen LogP contribution < -0.4 is 33.0 Å². The first-order valence-corrected chi connectivity index (χ1v) is 13.1. The Labute approximate surface area is 235 Å². The van der Waals surface area contributed by atoms with E-state index in [1.54, 1.807) is 12.1 Å². The van der Waals surface area contributed by atoms with E-state index in [-0.39, 0.29) is 59.4 Å². The molecule has 2 aromatic carbocycles. The maximum atomic E-state index is 14.5. The summed E-state index contributed by atoms with van der Waals surface area (Å²) < 4.78 is 20.8. The molecule has 0 unspecified atom stereocenters. The first kappa shape index (κ1) is 29.1. The maximum Gasteiger partial charge on any atom is 0.294 e. The van der Waals surface area contributed by atoms with Gasteiger partial charge in [-0.3, -0.25) is 19.0 Å². The van der Waals surface area contributed by atoms with Gasteiger partial charge in [0.1, 0.15) is 17.7 Å². The monoisotopic (exact) mass is 564 g/mol. The highest BCUT2D eigenvalue weighted by molar-refractivity contribution is 5.96. The molecule has 2 amide bonds. The minimum atomic E-state index is -0.627. The van der Waals surface area contributed by atoms with Gasteiger partial charge in [0, 0.05) is 35.4 Å². The molecular weight excluding hydrogens is 531 g/mol. The van der Waals surface area contributed by atoms with Crippen molar-refractivity contribution < 1.29 is 18.5 Å². The van der Waals surface area contributed by atoms with Crippen LogP contribution in [-0.4, -0.2) is 38.6 Å². The van der Waals surface area contributed by atoms with E-state index in [0.29, 0.717) is 22.4 Å². The maximum absolute atomic E-state index is 14.5. The number of halogens is 1. The third kappa shape index (κ3) is 6.62. The lowest BCUT2D eigenvalue weighted by Gasteiger charge is -2.17. The molecule has 216 valence electrons. The van der Waals surface area contributed by atoms with Crippen LogP contribution in [0, 0.1) is 5.82 Å². The second-order valence-corrected chi connectivity index (χ2v) is 10.1. The Hall–Kier alpha value is -4.94. The fourth-order valence-corrected chi connectivity index (χ4v) is 4.19. The number of aromatic nitrogens is 3. The minimum Gasteiger partial charge on any atom is -0.399 e. The van der Waals surface area contributed by atoms with E-state index >= 15 is 0 Å². The van der Waals surface area contributed by atoms with Gasteiger partial charge in [-0.1, -0.05) is 12.1 Å². The molecule has 0 aliphatic rings. The first-order valence-electron chi connectivity index (χ1n) is 13.1. The van der Waals surface area contributed by atoms with Crippen LogP contribution in [-0.2, 0) is 17.9 Å². The molecule has 0 radical (unpaired) electrons. The standard InChI is InChI=1S/C28H33FN8O4/c1-5-15(4)35-27(39)18-8-17(9-19(30)10-18)21-12-33-26(34-14(2)3)28(40)37(21)13-23(38)32-11-16-6-20(29)24-22(7-16)41-36-25(24)31/h6-10,12,14-15H,5,11,13,30H2,1-4H3,(H2,31,36)(H,32,38)(H,33,34)(H,35,39)/t15-/m0/s1. The predicted octanol–water partition coefficient (Wildman–Crippen LogP) is 3.02. The average Bonchev–Trinajstić information content (AvgIpc) is 3.30. The number of amides is 2. The van der Waals surface area contributed by atoms with Gasteiger partial charge in [0.05, 0.1) is 11.9 Å². The zero-order chi connectivity index (χ0) is 29.8. The topological polar surface area (TPSA) is 183 Å². The van der Waals surface area contributed by atoms with Crippen LogP contribution in [0.25, 0.3) is 22.2 Å². The number of nitrogens with zero attached hydrogens (tertiary/aromatic N) is 3. The minimum absolute atomic E-state index is 0.0449. The quantitative estimate of drug-likeness (QED) is 0.181. The zero-order valence-corrected chi connectivity index (χ0v) is 23.2. The Morgan fingerprint density at radius 3 is 2.59 bits per heavy atom. The number of fused-ring (bicyclic) bond motifs is 1. The van der Waals surface area contributed by atoms with E-state index in [2.05, 4.69) is 26.1 Å². The number of hydrogen-bond acceptors (Lipinski definition) is 9. The molecule has 7 N–H and O–H groups in total. The molecule has 1 atom stereocenters. The van der Waals surface area contributed by atoms with Crippen LogP contribution in [0.15, 0.2) is 45.8 Å². The van der Waals surface area contributed by atoms with Crippen molar-refractivity contribution in [3.63, 3.8) is 0 Å². The van der Waals surface area contributed by atoms with Gasteiger partial charge in [0.25, 0.3) is 11.5 Å². The van der Waals surface area contributed by atoms with E-state index < -0.39 is 17.3 Å². The summed E-state index contributed by atoms with van der Waals surface area (Å²) >= 11 is 0. The highest BCUT2D eigenvalue weighted by atomic mass is 19.1. The Bertz CT molecular complexity index is 1660. The van der Waals surface area contributed by atoms with Crippen molar-refractivity contribution in [1.82, 2.24) is 25.3 Å². The van der Waals surface area contributed by atoms with Crippen molar-refractivity contribution in [3.05, 3.63) is 63.8 Å². The van der Waals surface area contributed by atoms with Crippen LogP contribution in [0.3, 0.4) is 0 Å². The van der Waals surface area contributed by atoms with E-state index in [9.17, 15) is 18.8 Å². The summed E-state index contributed by atoms with van der Waals surface area (Å²) in [6.07, 6.45) is 2.19.